The lowest BCUT2D eigenvalue weighted by Crippen LogP contribution is -2.08. The van der Waals surface area contributed by atoms with Crippen molar-refractivity contribution in [3.63, 3.8) is 0 Å². The maximum Gasteiger partial charge on any atom is 0.340 e. The molecule has 0 saturated heterocycles. The maximum atomic E-state index is 12.4. The molecular weight excluding hydrogens is 330 g/mol. The third-order valence-electron chi connectivity index (χ3n) is 3.66. The minimum absolute atomic E-state index is 0.223. The molecule has 1 aromatic carbocycles. The molecule has 0 saturated carbocycles. The normalized spacial score (nSPS) is 11.8. The zero-order valence-corrected chi connectivity index (χ0v) is 14.4. The van der Waals surface area contributed by atoms with Crippen LogP contribution >= 0.6 is 0 Å². The van der Waals surface area contributed by atoms with Crippen LogP contribution in [0.2, 0.25) is 0 Å². The molecule has 0 aliphatic rings. The molecule has 6 nitrogen and oxygen atoms in total. The number of carbonyl (C=O) groups is 1. The molecule has 0 bridgehead atoms. The number of pyridine rings is 1. The summed E-state index contributed by atoms with van der Waals surface area (Å²) in [6.45, 7) is 3.76. The minimum atomic E-state index is -3.64. The van der Waals surface area contributed by atoms with Gasteiger partial charge < -0.3 is 13.3 Å². The van der Waals surface area contributed by atoms with Gasteiger partial charge in [-0.1, -0.05) is 18.2 Å². The van der Waals surface area contributed by atoms with Crippen molar-refractivity contribution in [2.24, 2.45) is 0 Å². The van der Waals surface area contributed by atoms with E-state index in [0.29, 0.717) is 16.6 Å². The second kappa shape index (κ2) is 5.83. The minimum Gasteiger partial charge on any atom is -0.462 e. The van der Waals surface area contributed by atoms with Crippen LogP contribution in [0, 0.1) is 6.92 Å². The number of fused-ring (bicyclic) bond motifs is 3. The van der Waals surface area contributed by atoms with Crippen molar-refractivity contribution in [1.82, 2.24) is 4.40 Å². The molecule has 0 N–H and O–H groups in total. The molecule has 0 amide bonds. The summed E-state index contributed by atoms with van der Waals surface area (Å²) >= 11 is 0. The number of esters is 1. The highest BCUT2D eigenvalue weighted by Crippen LogP contribution is 2.31. The van der Waals surface area contributed by atoms with Crippen molar-refractivity contribution >= 4 is 32.5 Å². The predicted octanol–water partition coefficient (Wildman–Crippen LogP) is 2.92. The highest BCUT2D eigenvalue weighted by Gasteiger charge is 2.21. The molecule has 126 valence electrons. The number of carbonyl (C=O) groups excluding carboxylic acids is 1. The van der Waals surface area contributed by atoms with Crippen LogP contribution in [0.25, 0.3) is 16.4 Å². The second-order valence-electron chi connectivity index (χ2n) is 5.48. The molecule has 0 atom stereocenters. The Kier molecular flexibility index (Phi) is 3.96. The monoisotopic (exact) mass is 347 g/mol. The van der Waals surface area contributed by atoms with Crippen LogP contribution in [0.1, 0.15) is 22.8 Å². The number of benzene rings is 1. The smallest absolute Gasteiger partial charge is 0.340 e. The average Bonchev–Trinajstić information content (AvgIpc) is 2.80. The van der Waals surface area contributed by atoms with Crippen LogP contribution in [0.4, 0.5) is 0 Å². The fourth-order valence-corrected chi connectivity index (χ4v) is 3.23. The van der Waals surface area contributed by atoms with Gasteiger partial charge in [-0.05, 0) is 31.5 Å². The highest BCUT2D eigenvalue weighted by atomic mass is 32.2. The molecule has 3 rings (SSSR count). The number of ether oxygens (including phenoxy) is 1. The van der Waals surface area contributed by atoms with Crippen LogP contribution in [0.5, 0.6) is 5.75 Å². The van der Waals surface area contributed by atoms with E-state index in [2.05, 4.69) is 0 Å². The second-order valence-corrected chi connectivity index (χ2v) is 7.05. The molecule has 2 aromatic heterocycles. The first-order valence-corrected chi connectivity index (χ1v) is 9.23. The van der Waals surface area contributed by atoms with Gasteiger partial charge in [-0.3, -0.25) is 0 Å². The summed E-state index contributed by atoms with van der Waals surface area (Å²) in [5.41, 5.74) is 2.49. The van der Waals surface area contributed by atoms with E-state index in [9.17, 15) is 13.2 Å². The zero-order valence-electron chi connectivity index (χ0n) is 13.6. The summed E-state index contributed by atoms with van der Waals surface area (Å²) in [5, 5.41) is 0.742. The van der Waals surface area contributed by atoms with Crippen molar-refractivity contribution in [1.29, 1.82) is 0 Å². The largest absolute Gasteiger partial charge is 0.462 e. The number of hydrogen-bond acceptors (Lipinski definition) is 5. The molecule has 3 aromatic rings. The Bertz CT molecular complexity index is 1050. The SMILES string of the molecule is CCOC(=O)c1c2ccccc2n2cc(OS(C)(=O)=O)c(C)cc12. The van der Waals surface area contributed by atoms with Gasteiger partial charge in [0.15, 0.2) is 5.75 Å². The van der Waals surface area contributed by atoms with E-state index >= 15 is 0 Å². The first-order valence-electron chi connectivity index (χ1n) is 7.42. The highest BCUT2D eigenvalue weighted by molar-refractivity contribution is 7.86. The summed E-state index contributed by atoms with van der Waals surface area (Å²) < 4.78 is 34.9. The van der Waals surface area contributed by atoms with E-state index in [1.807, 2.05) is 24.3 Å². The number of nitrogens with zero attached hydrogens (tertiary/aromatic N) is 1. The van der Waals surface area contributed by atoms with Crippen LogP contribution in [-0.4, -0.2) is 31.7 Å². The molecule has 0 unspecified atom stereocenters. The number of rotatable bonds is 4. The van der Waals surface area contributed by atoms with Gasteiger partial charge in [-0.2, -0.15) is 8.42 Å². The molecule has 0 aliphatic carbocycles. The Balaban J connectivity index is 2.35. The van der Waals surface area contributed by atoms with E-state index in [4.69, 9.17) is 8.92 Å². The summed E-state index contributed by atoms with van der Waals surface area (Å²) in [4.78, 5) is 12.4. The van der Waals surface area contributed by atoms with Crippen molar-refractivity contribution in [2.75, 3.05) is 12.9 Å². The van der Waals surface area contributed by atoms with E-state index in [0.717, 1.165) is 17.2 Å². The van der Waals surface area contributed by atoms with E-state index < -0.39 is 16.1 Å². The van der Waals surface area contributed by atoms with Gasteiger partial charge in [-0.15, -0.1) is 0 Å². The summed E-state index contributed by atoms with van der Waals surface area (Å²) in [5.74, 6) is -0.187. The zero-order chi connectivity index (χ0) is 17.5. The molecule has 24 heavy (non-hydrogen) atoms. The predicted molar refractivity (Wildman–Crippen MR) is 91.1 cm³/mol. The lowest BCUT2D eigenvalue weighted by Gasteiger charge is -2.09. The molecule has 0 radical (unpaired) electrons. The Hall–Kier alpha value is -2.54. The van der Waals surface area contributed by atoms with Gasteiger partial charge in [0.1, 0.15) is 0 Å². The third-order valence-corrected chi connectivity index (χ3v) is 4.14. The Morgan fingerprint density at radius 3 is 2.58 bits per heavy atom. The first-order chi connectivity index (χ1) is 11.3. The molecule has 2 heterocycles. The summed E-state index contributed by atoms with van der Waals surface area (Å²) in [6.07, 6.45) is 2.57. The van der Waals surface area contributed by atoms with Gasteiger partial charge in [0.2, 0.25) is 0 Å². The lowest BCUT2D eigenvalue weighted by molar-refractivity contribution is 0.0531. The Labute approximate surface area is 139 Å². The maximum absolute atomic E-state index is 12.4. The van der Waals surface area contributed by atoms with Crippen LogP contribution in [0.15, 0.2) is 36.5 Å². The van der Waals surface area contributed by atoms with E-state index in [1.165, 1.54) is 0 Å². The van der Waals surface area contributed by atoms with Crippen LogP contribution < -0.4 is 4.18 Å². The van der Waals surface area contributed by atoms with E-state index in [-0.39, 0.29) is 12.4 Å². The van der Waals surface area contributed by atoms with Gasteiger partial charge >= 0.3 is 16.1 Å². The first kappa shape index (κ1) is 16.3. The van der Waals surface area contributed by atoms with Crippen molar-refractivity contribution < 1.29 is 22.1 Å². The van der Waals surface area contributed by atoms with Gasteiger partial charge in [0.05, 0.1) is 35.7 Å². The fourth-order valence-electron chi connectivity index (χ4n) is 2.73. The standard InChI is InChI=1S/C17H17NO5S/c1-4-22-17(19)16-12-7-5-6-8-13(12)18-10-15(23-24(3,20)21)11(2)9-14(16)18/h5-10H,4H2,1-3H3. The van der Waals surface area contributed by atoms with Crippen LogP contribution in [0.3, 0.4) is 0 Å². The van der Waals surface area contributed by atoms with Crippen LogP contribution in [-0.2, 0) is 14.9 Å². The molecule has 0 fully saturated rings. The lowest BCUT2D eigenvalue weighted by atomic mass is 10.1. The molecule has 7 heteroatoms. The molecular formula is C17H17NO5S. The molecule has 0 spiro atoms. The topological polar surface area (TPSA) is 74.1 Å². The van der Waals surface area contributed by atoms with Crippen molar-refractivity contribution in [3.8, 4) is 5.75 Å². The third kappa shape index (κ3) is 2.82. The number of para-hydroxylation sites is 1. The Morgan fingerprint density at radius 1 is 1.21 bits per heavy atom. The number of aryl methyl sites for hydroxylation is 1. The Morgan fingerprint density at radius 2 is 1.92 bits per heavy atom. The quantitative estimate of drug-likeness (QED) is 0.536. The summed E-state index contributed by atoms with van der Waals surface area (Å²) in [6, 6.07) is 9.10. The summed E-state index contributed by atoms with van der Waals surface area (Å²) in [7, 11) is -3.64. The van der Waals surface area contributed by atoms with Gasteiger partial charge in [0.25, 0.3) is 0 Å². The van der Waals surface area contributed by atoms with Gasteiger partial charge in [-0.25, -0.2) is 4.79 Å². The fraction of sp³-hybridized carbons (Fsp3) is 0.235. The number of aromatic nitrogens is 1. The van der Waals surface area contributed by atoms with Crippen molar-refractivity contribution in [2.45, 2.75) is 13.8 Å². The average molecular weight is 347 g/mol. The molecule has 0 aliphatic heterocycles. The van der Waals surface area contributed by atoms with E-state index in [1.54, 1.807) is 30.5 Å². The van der Waals surface area contributed by atoms with Crippen molar-refractivity contribution in [3.05, 3.63) is 47.7 Å². The van der Waals surface area contributed by atoms with Gasteiger partial charge in [0, 0.05) is 5.39 Å². The number of hydrogen-bond donors (Lipinski definition) is 0.